The molecule has 4 heterocycles. The monoisotopic (exact) mass is 547 g/mol. The van der Waals surface area contributed by atoms with Crippen molar-refractivity contribution in [3.05, 3.63) is 89.5 Å². The van der Waals surface area contributed by atoms with Crippen LogP contribution in [-0.4, -0.2) is 76.1 Å². The molecule has 2 fully saturated rings. The lowest BCUT2D eigenvalue weighted by Crippen LogP contribution is -2.57. The van der Waals surface area contributed by atoms with Crippen LogP contribution >= 0.6 is 11.6 Å². The van der Waals surface area contributed by atoms with Gasteiger partial charge in [0.15, 0.2) is 0 Å². The summed E-state index contributed by atoms with van der Waals surface area (Å²) in [7, 11) is 0. The van der Waals surface area contributed by atoms with Crippen molar-refractivity contribution in [3.63, 3.8) is 0 Å². The van der Waals surface area contributed by atoms with Crippen molar-refractivity contribution < 1.29 is 24.2 Å². The zero-order valence-corrected chi connectivity index (χ0v) is 22.3. The molecule has 8 nitrogen and oxygen atoms in total. The van der Waals surface area contributed by atoms with Crippen LogP contribution in [0, 0.1) is 11.8 Å². The number of likely N-dealkylation sites (tertiary alicyclic amines) is 1. The van der Waals surface area contributed by atoms with Gasteiger partial charge in [0.1, 0.15) is 11.6 Å². The Balaban J connectivity index is 1.42. The van der Waals surface area contributed by atoms with Crippen LogP contribution in [0.4, 0.5) is 5.69 Å². The van der Waals surface area contributed by atoms with E-state index in [1.54, 1.807) is 47.1 Å². The molecule has 4 aliphatic rings. The summed E-state index contributed by atoms with van der Waals surface area (Å²) in [4.78, 5) is 47.3. The maximum atomic E-state index is 14.3. The molecule has 0 aliphatic carbocycles. The second kappa shape index (κ2) is 9.93. The number of halogens is 1. The van der Waals surface area contributed by atoms with Crippen molar-refractivity contribution in [2.75, 3.05) is 24.6 Å². The van der Waals surface area contributed by atoms with Crippen LogP contribution in [-0.2, 0) is 25.7 Å². The van der Waals surface area contributed by atoms with Gasteiger partial charge in [-0.3, -0.25) is 14.4 Å². The van der Waals surface area contributed by atoms with E-state index in [1.807, 2.05) is 48.6 Å². The molecule has 3 amide bonds. The van der Waals surface area contributed by atoms with Gasteiger partial charge in [-0.25, -0.2) is 0 Å². The number of benzene rings is 2. The molecule has 202 valence electrons. The van der Waals surface area contributed by atoms with Crippen molar-refractivity contribution in [2.45, 2.75) is 37.3 Å². The lowest BCUT2D eigenvalue weighted by Gasteiger charge is -2.37. The number of hydrogen-bond acceptors (Lipinski definition) is 5. The first-order valence-corrected chi connectivity index (χ1v) is 13.6. The zero-order valence-electron chi connectivity index (χ0n) is 21.5. The third-order valence-electron chi connectivity index (χ3n) is 8.28. The molecule has 2 saturated heterocycles. The van der Waals surface area contributed by atoms with E-state index in [0.29, 0.717) is 23.8 Å². The van der Waals surface area contributed by atoms with E-state index in [-0.39, 0.29) is 30.9 Å². The fourth-order valence-electron chi connectivity index (χ4n) is 6.52. The lowest BCUT2D eigenvalue weighted by atomic mass is 9.77. The summed E-state index contributed by atoms with van der Waals surface area (Å²) in [5.74, 6) is -2.63. The average Bonchev–Trinajstić information content (AvgIpc) is 3.27. The van der Waals surface area contributed by atoms with Crippen LogP contribution in [0.3, 0.4) is 0 Å². The molecule has 0 saturated carbocycles. The SMILES string of the molecule is C[C@H](CO)N1C(=O)[C@@H]2[C@H]3C(=O)N(Cc4ccccc4)CC=C[C@H]3O[C@@]23C=CCN(c2ccccc2Cl)C(=O)C13. The quantitative estimate of drug-likeness (QED) is 0.581. The van der Waals surface area contributed by atoms with Crippen molar-refractivity contribution in [1.29, 1.82) is 0 Å². The van der Waals surface area contributed by atoms with Crippen LogP contribution in [0.1, 0.15) is 12.5 Å². The Labute approximate surface area is 232 Å². The molecular weight excluding hydrogens is 518 g/mol. The maximum absolute atomic E-state index is 14.3. The van der Waals surface area contributed by atoms with E-state index >= 15 is 0 Å². The van der Waals surface area contributed by atoms with E-state index in [1.165, 1.54) is 4.90 Å². The van der Waals surface area contributed by atoms with Crippen molar-refractivity contribution in [2.24, 2.45) is 11.8 Å². The smallest absolute Gasteiger partial charge is 0.253 e. The molecular formula is C30H30ClN3O5. The van der Waals surface area contributed by atoms with Gasteiger partial charge in [-0.1, -0.05) is 78.4 Å². The fraction of sp³-hybridized carbons (Fsp3) is 0.367. The molecule has 6 rings (SSSR count). The summed E-state index contributed by atoms with van der Waals surface area (Å²) < 4.78 is 6.64. The molecule has 1 spiro atoms. The Hall–Kier alpha value is -3.46. The summed E-state index contributed by atoms with van der Waals surface area (Å²) in [5, 5.41) is 10.5. The van der Waals surface area contributed by atoms with Gasteiger partial charge in [0.05, 0.1) is 41.3 Å². The summed E-state index contributed by atoms with van der Waals surface area (Å²) >= 11 is 6.47. The number of carbonyl (C=O) groups excluding carboxylic acids is 3. The standard InChI is InChI=1S/C30H30ClN3O5/c1-19(18-35)34-26-29(38)33(22-12-6-5-11-21(22)31)16-8-14-30(26)25(28(34)37)24-23(39-30)13-7-15-32(27(24)36)17-20-9-3-2-4-10-20/h2-14,19,23-26,35H,15-18H2,1H3/t19-,23-,24+,25+,26?,30+/m1/s1. The fourth-order valence-corrected chi connectivity index (χ4v) is 6.76. The van der Waals surface area contributed by atoms with E-state index in [2.05, 4.69) is 0 Å². The molecule has 0 aromatic heterocycles. The van der Waals surface area contributed by atoms with E-state index in [0.717, 1.165) is 5.56 Å². The Morgan fingerprint density at radius 2 is 1.74 bits per heavy atom. The van der Waals surface area contributed by atoms with Crippen LogP contribution in [0.15, 0.2) is 78.9 Å². The number of carbonyl (C=O) groups is 3. The normalized spacial score (nSPS) is 30.6. The lowest BCUT2D eigenvalue weighted by molar-refractivity contribution is -0.146. The second-order valence-electron chi connectivity index (χ2n) is 10.6. The van der Waals surface area contributed by atoms with Gasteiger partial charge in [-0.15, -0.1) is 0 Å². The minimum absolute atomic E-state index is 0.186. The van der Waals surface area contributed by atoms with Crippen molar-refractivity contribution in [1.82, 2.24) is 9.80 Å². The average molecular weight is 548 g/mol. The largest absolute Gasteiger partial charge is 0.394 e. The van der Waals surface area contributed by atoms with E-state index in [4.69, 9.17) is 16.3 Å². The van der Waals surface area contributed by atoms with E-state index in [9.17, 15) is 19.5 Å². The number of para-hydroxylation sites is 1. The molecule has 4 aliphatic heterocycles. The molecule has 39 heavy (non-hydrogen) atoms. The van der Waals surface area contributed by atoms with Crippen LogP contribution in [0.2, 0.25) is 5.02 Å². The third kappa shape index (κ3) is 4.01. The minimum Gasteiger partial charge on any atom is -0.394 e. The summed E-state index contributed by atoms with van der Waals surface area (Å²) in [6.07, 6.45) is 6.69. The number of aliphatic hydroxyl groups is 1. The predicted octanol–water partition coefficient (Wildman–Crippen LogP) is 2.80. The minimum atomic E-state index is -1.36. The van der Waals surface area contributed by atoms with Crippen LogP contribution in [0.5, 0.6) is 0 Å². The van der Waals surface area contributed by atoms with Gasteiger partial charge < -0.3 is 24.5 Å². The van der Waals surface area contributed by atoms with Gasteiger partial charge in [0.2, 0.25) is 11.8 Å². The van der Waals surface area contributed by atoms with Gasteiger partial charge >= 0.3 is 0 Å². The summed E-state index contributed by atoms with van der Waals surface area (Å²) in [5.41, 5.74) is 0.145. The van der Waals surface area contributed by atoms with Gasteiger partial charge in [-0.2, -0.15) is 0 Å². The molecule has 6 atom stereocenters. The Morgan fingerprint density at radius 3 is 2.49 bits per heavy atom. The highest BCUT2D eigenvalue weighted by Gasteiger charge is 2.72. The highest BCUT2D eigenvalue weighted by atomic mass is 35.5. The first-order valence-electron chi connectivity index (χ1n) is 13.2. The highest BCUT2D eigenvalue weighted by molar-refractivity contribution is 6.34. The number of anilines is 1. The Morgan fingerprint density at radius 1 is 1.00 bits per heavy atom. The van der Waals surface area contributed by atoms with E-state index < -0.39 is 35.6 Å². The van der Waals surface area contributed by atoms with Crippen LogP contribution in [0.25, 0.3) is 0 Å². The van der Waals surface area contributed by atoms with Gasteiger partial charge in [-0.05, 0) is 24.6 Å². The molecule has 1 unspecified atom stereocenters. The molecule has 0 bridgehead atoms. The number of rotatable bonds is 5. The molecule has 0 radical (unpaired) electrons. The molecule has 2 aromatic carbocycles. The maximum Gasteiger partial charge on any atom is 0.253 e. The third-order valence-corrected chi connectivity index (χ3v) is 8.60. The topological polar surface area (TPSA) is 90.4 Å². The summed E-state index contributed by atoms with van der Waals surface area (Å²) in [6.45, 7) is 2.38. The van der Waals surface area contributed by atoms with Gasteiger partial charge in [0, 0.05) is 19.6 Å². The number of ether oxygens (including phenoxy) is 1. The predicted molar refractivity (Wildman–Crippen MR) is 146 cm³/mol. The Kier molecular flexibility index (Phi) is 6.57. The number of aliphatic hydroxyl groups excluding tert-OH is 1. The molecule has 9 heteroatoms. The number of fused-ring (bicyclic) bond motifs is 2. The number of hydrogen-bond donors (Lipinski definition) is 1. The molecule has 1 N–H and O–H groups in total. The van der Waals surface area contributed by atoms with Crippen molar-refractivity contribution >= 4 is 35.0 Å². The van der Waals surface area contributed by atoms with Crippen molar-refractivity contribution in [3.8, 4) is 0 Å². The highest BCUT2D eigenvalue weighted by Crippen LogP contribution is 2.54. The second-order valence-corrected chi connectivity index (χ2v) is 11.0. The number of amides is 3. The van der Waals surface area contributed by atoms with Crippen LogP contribution < -0.4 is 4.90 Å². The first kappa shape index (κ1) is 25.8. The Bertz CT molecular complexity index is 1360. The molecule has 2 aromatic rings. The zero-order chi connectivity index (χ0) is 27.3. The number of nitrogens with zero attached hydrogens (tertiary/aromatic N) is 3. The summed E-state index contributed by atoms with van der Waals surface area (Å²) in [6, 6.07) is 15.0. The van der Waals surface area contributed by atoms with Gasteiger partial charge in [0.25, 0.3) is 5.91 Å². The first-order chi connectivity index (χ1) is 18.9.